The van der Waals surface area contributed by atoms with E-state index in [9.17, 15) is 5.11 Å². The maximum Gasteiger partial charge on any atom is 0.0766 e. The molecule has 0 aromatic rings. The van der Waals surface area contributed by atoms with Gasteiger partial charge in [0.05, 0.1) is 12.2 Å². The molecule has 0 radical (unpaired) electrons. The second-order valence-corrected chi connectivity index (χ2v) is 4.71. The Morgan fingerprint density at radius 2 is 2.00 bits per heavy atom. The van der Waals surface area contributed by atoms with E-state index >= 15 is 0 Å². The molecular weight excluding hydrogens is 190 g/mol. The first kappa shape index (κ1) is 12.9. The molecule has 1 unspecified atom stereocenters. The first-order chi connectivity index (χ1) is 7.15. The van der Waals surface area contributed by atoms with Crippen LogP contribution in [0.25, 0.3) is 0 Å². The van der Waals surface area contributed by atoms with Gasteiger partial charge in [0, 0.05) is 19.7 Å². The van der Waals surface area contributed by atoms with Crippen molar-refractivity contribution in [2.45, 2.75) is 51.2 Å². The Bertz CT molecular complexity index is 176. The van der Waals surface area contributed by atoms with Crippen molar-refractivity contribution in [3.8, 4) is 0 Å². The Kier molecular flexibility index (Phi) is 5.03. The van der Waals surface area contributed by atoms with Gasteiger partial charge in [-0.1, -0.05) is 13.8 Å². The van der Waals surface area contributed by atoms with E-state index in [1.54, 1.807) is 7.11 Å². The van der Waals surface area contributed by atoms with Crippen LogP contribution in [-0.4, -0.2) is 37.0 Å². The fourth-order valence-electron chi connectivity index (χ4n) is 1.86. The molecule has 0 bridgehead atoms. The van der Waals surface area contributed by atoms with Gasteiger partial charge in [-0.05, 0) is 31.6 Å². The third-order valence-corrected chi connectivity index (χ3v) is 3.55. The molecule has 3 heteroatoms. The molecule has 1 aliphatic rings. The molecule has 0 aromatic carbocycles. The third kappa shape index (κ3) is 4.09. The zero-order valence-corrected chi connectivity index (χ0v) is 10.3. The van der Waals surface area contributed by atoms with Gasteiger partial charge >= 0.3 is 0 Å². The molecule has 0 aliphatic heterocycles. The predicted octanol–water partition coefficient (Wildman–Crippen LogP) is 1.55. The van der Waals surface area contributed by atoms with Gasteiger partial charge < -0.3 is 15.2 Å². The smallest absolute Gasteiger partial charge is 0.0766 e. The second kappa shape index (κ2) is 5.83. The van der Waals surface area contributed by atoms with Gasteiger partial charge in [0.15, 0.2) is 0 Å². The van der Waals surface area contributed by atoms with Crippen LogP contribution in [0.2, 0.25) is 0 Å². The van der Waals surface area contributed by atoms with Crippen LogP contribution in [0.4, 0.5) is 0 Å². The summed E-state index contributed by atoms with van der Waals surface area (Å²) in [6, 6.07) is 0.430. The molecule has 1 aliphatic carbocycles. The zero-order chi connectivity index (χ0) is 11.3. The SMILES string of the molecule is CCC(O)(CC)CNC(COC)C1CC1. The van der Waals surface area contributed by atoms with E-state index in [0.717, 1.165) is 25.4 Å². The van der Waals surface area contributed by atoms with Crippen molar-refractivity contribution in [1.82, 2.24) is 5.32 Å². The molecule has 0 heterocycles. The highest BCUT2D eigenvalue weighted by Crippen LogP contribution is 2.33. The molecule has 1 atom stereocenters. The Morgan fingerprint density at radius 1 is 1.40 bits per heavy atom. The number of methoxy groups -OCH3 is 1. The number of rotatable bonds is 8. The van der Waals surface area contributed by atoms with Crippen LogP contribution in [0.15, 0.2) is 0 Å². The lowest BCUT2D eigenvalue weighted by Crippen LogP contribution is -2.46. The zero-order valence-electron chi connectivity index (χ0n) is 10.3. The molecule has 3 nitrogen and oxygen atoms in total. The Balaban J connectivity index is 2.31. The third-order valence-electron chi connectivity index (χ3n) is 3.55. The minimum Gasteiger partial charge on any atom is -0.389 e. The minimum atomic E-state index is -0.541. The van der Waals surface area contributed by atoms with Crippen LogP contribution in [0.3, 0.4) is 0 Å². The van der Waals surface area contributed by atoms with Crippen molar-refractivity contribution < 1.29 is 9.84 Å². The molecule has 0 aromatic heterocycles. The fraction of sp³-hybridized carbons (Fsp3) is 1.00. The molecular formula is C12H25NO2. The first-order valence-electron chi connectivity index (χ1n) is 6.10. The maximum atomic E-state index is 10.1. The van der Waals surface area contributed by atoms with Crippen LogP contribution >= 0.6 is 0 Å². The van der Waals surface area contributed by atoms with Crippen molar-refractivity contribution in [2.75, 3.05) is 20.3 Å². The summed E-state index contributed by atoms with van der Waals surface area (Å²) >= 11 is 0. The molecule has 90 valence electrons. The van der Waals surface area contributed by atoms with E-state index in [2.05, 4.69) is 5.32 Å². The lowest BCUT2D eigenvalue weighted by molar-refractivity contribution is 0.0252. The highest BCUT2D eigenvalue weighted by atomic mass is 16.5. The van der Waals surface area contributed by atoms with Crippen molar-refractivity contribution in [2.24, 2.45) is 5.92 Å². The number of nitrogens with one attached hydrogen (secondary N) is 1. The van der Waals surface area contributed by atoms with Gasteiger partial charge in [-0.25, -0.2) is 0 Å². The topological polar surface area (TPSA) is 41.5 Å². The largest absolute Gasteiger partial charge is 0.389 e. The van der Waals surface area contributed by atoms with E-state index < -0.39 is 5.60 Å². The van der Waals surface area contributed by atoms with E-state index in [0.29, 0.717) is 12.6 Å². The summed E-state index contributed by atoms with van der Waals surface area (Å²) < 4.78 is 5.19. The molecule has 1 fully saturated rings. The van der Waals surface area contributed by atoms with E-state index in [-0.39, 0.29) is 0 Å². The first-order valence-corrected chi connectivity index (χ1v) is 6.10. The number of aliphatic hydroxyl groups is 1. The van der Waals surface area contributed by atoms with Crippen LogP contribution in [0.1, 0.15) is 39.5 Å². The average Bonchev–Trinajstić information content (AvgIpc) is 3.07. The number of hydrogen-bond donors (Lipinski definition) is 2. The summed E-state index contributed by atoms with van der Waals surface area (Å²) in [6.45, 7) is 5.51. The summed E-state index contributed by atoms with van der Waals surface area (Å²) in [6.07, 6.45) is 4.22. The van der Waals surface area contributed by atoms with E-state index in [4.69, 9.17) is 4.74 Å². The molecule has 15 heavy (non-hydrogen) atoms. The van der Waals surface area contributed by atoms with Crippen LogP contribution < -0.4 is 5.32 Å². The summed E-state index contributed by atoms with van der Waals surface area (Å²) in [7, 11) is 1.74. The summed E-state index contributed by atoms with van der Waals surface area (Å²) in [5.74, 6) is 0.767. The molecule has 1 saturated carbocycles. The number of hydrogen-bond acceptors (Lipinski definition) is 3. The Hall–Kier alpha value is -0.120. The highest BCUT2D eigenvalue weighted by molar-refractivity contribution is 4.89. The molecule has 0 saturated heterocycles. The molecule has 0 amide bonds. The van der Waals surface area contributed by atoms with E-state index in [1.165, 1.54) is 12.8 Å². The van der Waals surface area contributed by atoms with Gasteiger partial charge in [-0.15, -0.1) is 0 Å². The minimum absolute atomic E-state index is 0.430. The Labute approximate surface area is 93.2 Å². The van der Waals surface area contributed by atoms with Crippen LogP contribution in [-0.2, 0) is 4.74 Å². The van der Waals surface area contributed by atoms with Crippen LogP contribution in [0, 0.1) is 5.92 Å². The molecule has 2 N–H and O–H groups in total. The van der Waals surface area contributed by atoms with Crippen molar-refractivity contribution in [3.05, 3.63) is 0 Å². The van der Waals surface area contributed by atoms with Gasteiger partial charge in [-0.3, -0.25) is 0 Å². The quantitative estimate of drug-likeness (QED) is 0.645. The van der Waals surface area contributed by atoms with E-state index in [1.807, 2.05) is 13.8 Å². The lowest BCUT2D eigenvalue weighted by Gasteiger charge is -2.28. The predicted molar refractivity (Wildman–Crippen MR) is 61.9 cm³/mol. The number of ether oxygens (including phenoxy) is 1. The lowest BCUT2D eigenvalue weighted by atomic mass is 9.97. The Morgan fingerprint density at radius 3 is 2.40 bits per heavy atom. The highest BCUT2D eigenvalue weighted by Gasteiger charge is 2.32. The summed E-state index contributed by atoms with van der Waals surface area (Å²) in [5, 5.41) is 13.6. The molecule has 0 spiro atoms. The standard InChI is InChI=1S/C12H25NO2/c1-4-12(14,5-2)9-13-11(8-15-3)10-6-7-10/h10-11,13-14H,4-9H2,1-3H3. The van der Waals surface area contributed by atoms with Gasteiger partial charge in [-0.2, -0.15) is 0 Å². The van der Waals surface area contributed by atoms with Crippen molar-refractivity contribution in [3.63, 3.8) is 0 Å². The maximum absolute atomic E-state index is 10.1. The molecule has 1 rings (SSSR count). The average molecular weight is 215 g/mol. The monoisotopic (exact) mass is 215 g/mol. The summed E-state index contributed by atoms with van der Waals surface area (Å²) in [5.41, 5.74) is -0.541. The second-order valence-electron chi connectivity index (χ2n) is 4.71. The fourth-order valence-corrected chi connectivity index (χ4v) is 1.86. The normalized spacial score (nSPS) is 19.2. The summed E-state index contributed by atoms with van der Waals surface area (Å²) in [4.78, 5) is 0. The van der Waals surface area contributed by atoms with Gasteiger partial charge in [0.2, 0.25) is 0 Å². The van der Waals surface area contributed by atoms with Crippen molar-refractivity contribution in [1.29, 1.82) is 0 Å². The van der Waals surface area contributed by atoms with Crippen molar-refractivity contribution >= 4 is 0 Å². The van der Waals surface area contributed by atoms with Gasteiger partial charge in [0.25, 0.3) is 0 Å². The van der Waals surface area contributed by atoms with Crippen LogP contribution in [0.5, 0.6) is 0 Å². The van der Waals surface area contributed by atoms with Gasteiger partial charge in [0.1, 0.15) is 0 Å².